The number of unbranched alkanes of at least 4 members (excludes halogenated alkanes) is 2. The van der Waals surface area contributed by atoms with Crippen molar-refractivity contribution in [3.63, 3.8) is 0 Å². The zero-order valence-corrected chi connectivity index (χ0v) is 18.5. The number of carbonyl (C=O) groups is 2. The van der Waals surface area contributed by atoms with Crippen molar-refractivity contribution in [1.29, 1.82) is 0 Å². The number of hydrogen-bond acceptors (Lipinski definition) is 5. The Morgan fingerprint density at radius 2 is 1.69 bits per heavy atom. The van der Waals surface area contributed by atoms with E-state index >= 15 is 0 Å². The van der Waals surface area contributed by atoms with Crippen LogP contribution < -0.4 is 4.74 Å². The summed E-state index contributed by atoms with van der Waals surface area (Å²) < 4.78 is 16.3. The van der Waals surface area contributed by atoms with Crippen molar-refractivity contribution < 1.29 is 23.5 Å². The molecule has 0 saturated carbocycles. The molecule has 1 heterocycles. The van der Waals surface area contributed by atoms with E-state index in [-0.39, 0.29) is 11.8 Å². The van der Waals surface area contributed by atoms with Gasteiger partial charge in [-0.1, -0.05) is 42.5 Å². The highest BCUT2D eigenvalue weighted by molar-refractivity contribution is 5.96. The summed E-state index contributed by atoms with van der Waals surface area (Å²) in [5.74, 6) is 1.57. The first-order valence-electron chi connectivity index (χ1n) is 11.2. The van der Waals surface area contributed by atoms with Crippen LogP contribution in [0, 0.1) is 0 Å². The molecule has 0 amide bonds. The molecule has 3 rings (SSSR count). The molecule has 0 atom stereocenters. The topological polar surface area (TPSA) is 65.7 Å². The predicted octanol–water partition coefficient (Wildman–Crippen LogP) is 6.26. The maximum absolute atomic E-state index is 12.7. The zero-order valence-electron chi connectivity index (χ0n) is 18.5. The second-order valence-electron chi connectivity index (χ2n) is 7.55. The van der Waals surface area contributed by atoms with E-state index in [1.807, 2.05) is 67.6 Å². The maximum atomic E-state index is 12.7. The van der Waals surface area contributed by atoms with E-state index in [1.54, 1.807) is 6.26 Å². The molecule has 5 nitrogen and oxygen atoms in total. The van der Waals surface area contributed by atoms with Crippen LogP contribution in [0.2, 0.25) is 0 Å². The van der Waals surface area contributed by atoms with Gasteiger partial charge < -0.3 is 13.9 Å². The van der Waals surface area contributed by atoms with Gasteiger partial charge in [-0.3, -0.25) is 9.59 Å². The SMILES string of the molecule is CCOC(=O)CCCCCOc1ccccc1CCC(=O)c1ccc(-c2ccco2)cc1. The Labute approximate surface area is 189 Å². The van der Waals surface area contributed by atoms with Gasteiger partial charge >= 0.3 is 5.97 Å². The number of para-hydroxylation sites is 1. The van der Waals surface area contributed by atoms with Crippen molar-refractivity contribution in [2.24, 2.45) is 0 Å². The van der Waals surface area contributed by atoms with E-state index in [9.17, 15) is 9.59 Å². The van der Waals surface area contributed by atoms with Crippen LogP contribution in [0.1, 0.15) is 54.9 Å². The Balaban J connectivity index is 1.44. The highest BCUT2D eigenvalue weighted by Gasteiger charge is 2.10. The molecule has 0 radical (unpaired) electrons. The quantitative estimate of drug-likeness (QED) is 0.180. The third-order valence-electron chi connectivity index (χ3n) is 5.19. The van der Waals surface area contributed by atoms with Gasteiger partial charge in [0.15, 0.2) is 5.78 Å². The molecular formula is C27H30O5. The highest BCUT2D eigenvalue weighted by atomic mass is 16.5. The summed E-state index contributed by atoms with van der Waals surface area (Å²) in [5.41, 5.74) is 2.67. The fourth-order valence-electron chi connectivity index (χ4n) is 3.47. The summed E-state index contributed by atoms with van der Waals surface area (Å²) in [6, 6.07) is 19.1. The minimum Gasteiger partial charge on any atom is -0.493 e. The van der Waals surface area contributed by atoms with E-state index in [2.05, 4.69) is 0 Å². The van der Waals surface area contributed by atoms with E-state index in [0.29, 0.717) is 38.0 Å². The minimum absolute atomic E-state index is 0.102. The largest absolute Gasteiger partial charge is 0.493 e. The number of rotatable bonds is 13. The number of carbonyl (C=O) groups excluding carboxylic acids is 2. The molecule has 0 aliphatic rings. The summed E-state index contributed by atoms with van der Waals surface area (Å²) in [4.78, 5) is 24.0. The Hall–Kier alpha value is -3.34. The lowest BCUT2D eigenvalue weighted by molar-refractivity contribution is -0.143. The summed E-state index contributed by atoms with van der Waals surface area (Å²) in [7, 11) is 0. The molecule has 168 valence electrons. The van der Waals surface area contributed by atoms with E-state index in [1.165, 1.54) is 0 Å². The van der Waals surface area contributed by atoms with Crippen LogP contribution in [0.4, 0.5) is 0 Å². The summed E-state index contributed by atoms with van der Waals surface area (Å²) in [5, 5.41) is 0. The normalized spacial score (nSPS) is 10.7. The molecular weight excluding hydrogens is 404 g/mol. The van der Waals surface area contributed by atoms with Crippen molar-refractivity contribution in [3.05, 3.63) is 78.1 Å². The van der Waals surface area contributed by atoms with Crippen LogP contribution in [0.25, 0.3) is 11.3 Å². The van der Waals surface area contributed by atoms with Gasteiger partial charge in [0.1, 0.15) is 11.5 Å². The zero-order chi connectivity index (χ0) is 22.6. The third kappa shape index (κ3) is 7.12. The number of aryl methyl sites for hydroxylation is 1. The van der Waals surface area contributed by atoms with E-state index < -0.39 is 0 Å². The standard InChI is InChI=1S/C27H30O5/c1-2-30-27(29)12-4-3-7-19-31-25-10-6-5-9-22(25)17-18-24(28)21-13-15-23(16-14-21)26-11-8-20-32-26/h5-6,8-11,13-16,20H,2-4,7,12,17-19H2,1H3. The fraction of sp³-hybridized carbons (Fsp3) is 0.333. The van der Waals surface area contributed by atoms with Gasteiger partial charge in [0.2, 0.25) is 0 Å². The predicted molar refractivity (Wildman–Crippen MR) is 124 cm³/mol. The first kappa shape index (κ1) is 23.3. The molecule has 5 heteroatoms. The van der Waals surface area contributed by atoms with Gasteiger partial charge in [-0.25, -0.2) is 0 Å². The van der Waals surface area contributed by atoms with Crippen molar-refractivity contribution in [2.45, 2.75) is 45.4 Å². The number of benzene rings is 2. The first-order valence-corrected chi connectivity index (χ1v) is 11.2. The minimum atomic E-state index is -0.140. The molecule has 0 fully saturated rings. The van der Waals surface area contributed by atoms with Crippen LogP contribution in [0.15, 0.2) is 71.3 Å². The summed E-state index contributed by atoms with van der Waals surface area (Å²) in [6.07, 6.45) is 5.71. The van der Waals surface area contributed by atoms with Gasteiger partial charge in [-0.15, -0.1) is 0 Å². The average Bonchev–Trinajstić information content (AvgIpc) is 3.36. The number of ketones is 1. The monoisotopic (exact) mass is 434 g/mol. The number of hydrogen-bond donors (Lipinski definition) is 0. The lowest BCUT2D eigenvalue weighted by Gasteiger charge is -2.11. The lowest BCUT2D eigenvalue weighted by atomic mass is 10.0. The molecule has 0 bridgehead atoms. The highest BCUT2D eigenvalue weighted by Crippen LogP contribution is 2.23. The van der Waals surface area contributed by atoms with Crippen LogP contribution in [-0.2, 0) is 16.0 Å². The maximum Gasteiger partial charge on any atom is 0.305 e. The smallest absolute Gasteiger partial charge is 0.305 e. The Morgan fingerprint density at radius 3 is 2.44 bits per heavy atom. The summed E-state index contributed by atoms with van der Waals surface area (Å²) in [6.45, 7) is 2.83. The molecule has 2 aromatic carbocycles. The van der Waals surface area contributed by atoms with E-state index in [4.69, 9.17) is 13.9 Å². The molecule has 1 aromatic heterocycles. The van der Waals surface area contributed by atoms with Gasteiger partial charge in [0, 0.05) is 24.0 Å². The molecule has 0 aliphatic carbocycles. The van der Waals surface area contributed by atoms with Crippen molar-refractivity contribution >= 4 is 11.8 Å². The Kier molecular flexibility index (Phi) is 9.11. The molecule has 0 unspecified atom stereocenters. The van der Waals surface area contributed by atoms with Crippen LogP contribution >= 0.6 is 0 Å². The molecule has 0 saturated heterocycles. The van der Waals surface area contributed by atoms with Gasteiger partial charge in [0.05, 0.1) is 19.5 Å². The molecule has 0 spiro atoms. The molecule has 0 N–H and O–H groups in total. The first-order chi connectivity index (χ1) is 15.7. The van der Waals surface area contributed by atoms with Crippen LogP contribution in [-0.4, -0.2) is 25.0 Å². The van der Waals surface area contributed by atoms with Crippen LogP contribution in [0.5, 0.6) is 5.75 Å². The van der Waals surface area contributed by atoms with Gasteiger partial charge in [0.25, 0.3) is 0 Å². The van der Waals surface area contributed by atoms with Gasteiger partial charge in [-0.05, 0) is 56.4 Å². The second-order valence-corrected chi connectivity index (χ2v) is 7.55. The van der Waals surface area contributed by atoms with Crippen molar-refractivity contribution in [2.75, 3.05) is 13.2 Å². The Morgan fingerprint density at radius 1 is 0.875 bits per heavy atom. The van der Waals surface area contributed by atoms with Crippen molar-refractivity contribution in [3.8, 4) is 17.1 Å². The fourth-order valence-corrected chi connectivity index (χ4v) is 3.47. The average molecular weight is 435 g/mol. The molecule has 32 heavy (non-hydrogen) atoms. The summed E-state index contributed by atoms with van der Waals surface area (Å²) >= 11 is 0. The number of ether oxygens (including phenoxy) is 2. The van der Waals surface area contributed by atoms with Crippen LogP contribution in [0.3, 0.4) is 0 Å². The van der Waals surface area contributed by atoms with E-state index in [0.717, 1.165) is 41.9 Å². The second kappa shape index (κ2) is 12.5. The third-order valence-corrected chi connectivity index (χ3v) is 5.19. The van der Waals surface area contributed by atoms with Gasteiger partial charge in [-0.2, -0.15) is 0 Å². The number of esters is 1. The molecule has 0 aliphatic heterocycles. The number of furan rings is 1. The Bertz CT molecular complexity index is 974. The molecule has 3 aromatic rings. The number of Topliss-reactive ketones (excluding diaryl/α,β-unsaturated/α-hetero) is 1. The lowest BCUT2D eigenvalue weighted by Crippen LogP contribution is -2.05. The van der Waals surface area contributed by atoms with Crippen molar-refractivity contribution in [1.82, 2.24) is 0 Å².